The van der Waals surface area contributed by atoms with Crippen molar-refractivity contribution in [2.45, 2.75) is 32.1 Å². The fraction of sp³-hybridized carbons (Fsp3) is 0.889. The first kappa shape index (κ1) is 15.3. The Balaban J connectivity index is 4.16. The first-order valence-electron chi connectivity index (χ1n) is 5.10. The van der Waals surface area contributed by atoms with E-state index in [4.69, 9.17) is 5.11 Å². The Bertz CT molecular complexity index is 326. The largest absolute Gasteiger partial charge is 0.480 e. The Hall–Kier alpha value is -0.660. The summed E-state index contributed by atoms with van der Waals surface area (Å²) in [5.74, 6) is -1.34. The summed E-state index contributed by atoms with van der Waals surface area (Å²) in [6.45, 7) is 5.90. The highest BCUT2D eigenvalue weighted by molar-refractivity contribution is 7.90. The molecule has 2 N–H and O–H groups in total. The van der Waals surface area contributed by atoms with E-state index < -0.39 is 21.2 Å². The Morgan fingerprint density at radius 3 is 2.25 bits per heavy atom. The number of rotatable bonds is 7. The quantitative estimate of drug-likeness (QED) is 0.650. The zero-order valence-corrected chi connectivity index (χ0v) is 10.9. The van der Waals surface area contributed by atoms with Gasteiger partial charge in [-0.1, -0.05) is 0 Å². The first-order valence-corrected chi connectivity index (χ1v) is 6.64. The summed E-state index contributed by atoms with van der Waals surface area (Å²) < 4.78 is 25.1. The molecular formula is C9H20N2O4S. The molecule has 0 aromatic rings. The van der Waals surface area contributed by atoms with Crippen LogP contribution >= 0.6 is 0 Å². The first-order chi connectivity index (χ1) is 7.18. The van der Waals surface area contributed by atoms with Crippen LogP contribution in [0.4, 0.5) is 0 Å². The summed E-state index contributed by atoms with van der Waals surface area (Å²) in [4.78, 5) is 12.5. The Kier molecular flexibility index (Phi) is 5.91. The normalized spacial score (nSPS) is 14.4. The van der Waals surface area contributed by atoms with Crippen molar-refractivity contribution < 1.29 is 18.3 Å². The maximum Gasteiger partial charge on any atom is 0.323 e. The number of hydrogen-bond donors (Lipinski definition) is 2. The fourth-order valence-corrected chi connectivity index (χ4v) is 1.77. The van der Waals surface area contributed by atoms with Crippen LogP contribution in [0, 0.1) is 0 Å². The van der Waals surface area contributed by atoms with Crippen LogP contribution in [0.25, 0.3) is 0 Å². The monoisotopic (exact) mass is 252 g/mol. The van der Waals surface area contributed by atoms with Gasteiger partial charge in [0.2, 0.25) is 10.0 Å². The molecule has 0 aliphatic rings. The molecule has 16 heavy (non-hydrogen) atoms. The summed E-state index contributed by atoms with van der Waals surface area (Å²) in [6.07, 6.45) is 0. The van der Waals surface area contributed by atoms with E-state index in [0.717, 1.165) is 6.92 Å². The average molecular weight is 252 g/mol. The van der Waals surface area contributed by atoms with E-state index in [1.165, 1.54) is 0 Å². The highest BCUT2D eigenvalue weighted by atomic mass is 32.2. The van der Waals surface area contributed by atoms with Crippen LogP contribution in [0.1, 0.15) is 20.8 Å². The molecule has 0 heterocycles. The number of carboxylic acids is 1. The maximum atomic E-state index is 11.4. The predicted octanol–water partition coefficient (Wildman–Crippen LogP) is -0.281. The summed E-state index contributed by atoms with van der Waals surface area (Å²) >= 11 is 0. The highest BCUT2D eigenvalue weighted by Crippen LogP contribution is 1.98. The summed E-state index contributed by atoms with van der Waals surface area (Å²) in [7, 11) is -1.88. The Morgan fingerprint density at radius 1 is 1.38 bits per heavy atom. The minimum Gasteiger partial charge on any atom is -0.480 e. The molecule has 0 spiro atoms. The molecule has 96 valence electrons. The van der Waals surface area contributed by atoms with Crippen molar-refractivity contribution in [1.82, 2.24) is 9.62 Å². The van der Waals surface area contributed by atoms with Crippen molar-refractivity contribution in [3.05, 3.63) is 0 Å². The van der Waals surface area contributed by atoms with Gasteiger partial charge in [-0.05, 0) is 27.8 Å². The van der Waals surface area contributed by atoms with Crippen molar-refractivity contribution in [2.24, 2.45) is 0 Å². The lowest BCUT2D eigenvalue weighted by Crippen LogP contribution is -2.41. The number of carboxylic acid groups (broad SMARTS) is 1. The third kappa shape index (κ3) is 4.91. The molecule has 0 aliphatic heterocycles. The molecule has 1 unspecified atom stereocenters. The van der Waals surface area contributed by atoms with Gasteiger partial charge in [0.1, 0.15) is 0 Å². The van der Waals surface area contributed by atoms with E-state index in [-0.39, 0.29) is 6.54 Å². The van der Waals surface area contributed by atoms with Crippen LogP contribution < -0.4 is 4.72 Å². The van der Waals surface area contributed by atoms with E-state index in [1.54, 1.807) is 0 Å². The molecule has 0 saturated heterocycles. The lowest BCUT2D eigenvalue weighted by molar-refractivity contribution is -0.136. The standard InChI is InChI=1S/C9H20N2O4S/c1-7(2)11(4)6-5-10-16(14,15)8(3)9(12)13/h7-8,10H,5-6H2,1-4H3,(H,12,13). The third-order valence-electron chi connectivity index (χ3n) is 2.46. The van der Waals surface area contributed by atoms with Gasteiger partial charge in [0.15, 0.2) is 5.25 Å². The van der Waals surface area contributed by atoms with E-state index in [0.29, 0.717) is 12.6 Å². The summed E-state index contributed by atoms with van der Waals surface area (Å²) in [5, 5.41) is 7.17. The number of carbonyl (C=O) groups is 1. The zero-order chi connectivity index (χ0) is 12.9. The number of likely N-dealkylation sites (N-methyl/N-ethyl adjacent to an activating group) is 1. The van der Waals surface area contributed by atoms with Crippen molar-refractivity contribution in [1.29, 1.82) is 0 Å². The van der Waals surface area contributed by atoms with Gasteiger partial charge >= 0.3 is 5.97 Å². The van der Waals surface area contributed by atoms with E-state index >= 15 is 0 Å². The number of nitrogens with zero attached hydrogens (tertiary/aromatic N) is 1. The van der Waals surface area contributed by atoms with Crippen molar-refractivity contribution >= 4 is 16.0 Å². The van der Waals surface area contributed by atoms with E-state index in [1.807, 2.05) is 25.8 Å². The molecule has 0 bridgehead atoms. The molecule has 0 fully saturated rings. The van der Waals surface area contributed by atoms with E-state index in [2.05, 4.69) is 4.72 Å². The van der Waals surface area contributed by atoms with E-state index in [9.17, 15) is 13.2 Å². The Morgan fingerprint density at radius 2 is 1.88 bits per heavy atom. The van der Waals surface area contributed by atoms with Gasteiger partial charge in [0, 0.05) is 19.1 Å². The topological polar surface area (TPSA) is 86.7 Å². The van der Waals surface area contributed by atoms with Gasteiger partial charge in [-0.2, -0.15) is 0 Å². The number of nitrogens with one attached hydrogen (secondary N) is 1. The molecule has 0 aromatic carbocycles. The van der Waals surface area contributed by atoms with Crippen molar-refractivity contribution in [3.8, 4) is 0 Å². The van der Waals surface area contributed by atoms with Crippen LogP contribution in [-0.2, 0) is 14.8 Å². The van der Waals surface area contributed by atoms with Gasteiger partial charge in [0.25, 0.3) is 0 Å². The van der Waals surface area contributed by atoms with Gasteiger partial charge < -0.3 is 10.0 Å². The summed E-state index contributed by atoms with van der Waals surface area (Å²) in [5.41, 5.74) is 0. The van der Waals surface area contributed by atoms with Crippen LogP contribution in [0.15, 0.2) is 0 Å². The molecular weight excluding hydrogens is 232 g/mol. The third-order valence-corrected chi connectivity index (χ3v) is 4.20. The van der Waals surface area contributed by atoms with Crippen LogP contribution in [0.2, 0.25) is 0 Å². The number of sulfonamides is 1. The van der Waals surface area contributed by atoms with Gasteiger partial charge in [0.05, 0.1) is 0 Å². The minimum absolute atomic E-state index is 0.217. The molecule has 1 atom stereocenters. The number of hydrogen-bond acceptors (Lipinski definition) is 4. The van der Waals surface area contributed by atoms with Crippen LogP contribution in [-0.4, -0.2) is 55.8 Å². The second-order valence-corrected chi connectivity index (χ2v) is 6.08. The van der Waals surface area contributed by atoms with Gasteiger partial charge in [-0.15, -0.1) is 0 Å². The second-order valence-electron chi connectivity index (χ2n) is 3.99. The average Bonchev–Trinajstić information content (AvgIpc) is 2.15. The van der Waals surface area contributed by atoms with Gasteiger partial charge in [-0.3, -0.25) is 4.79 Å². The highest BCUT2D eigenvalue weighted by Gasteiger charge is 2.26. The molecule has 0 aliphatic carbocycles. The SMILES string of the molecule is CC(C)N(C)CCNS(=O)(=O)C(C)C(=O)O. The number of aliphatic carboxylic acids is 1. The lowest BCUT2D eigenvalue weighted by Gasteiger charge is -2.21. The molecule has 0 amide bonds. The Labute approximate surface area is 96.7 Å². The second kappa shape index (κ2) is 6.17. The lowest BCUT2D eigenvalue weighted by atomic mass is 10.3. The molecule has 0 saturated carbocycles. The molecule has 6 nitrogen and oxygen atoms in total. The smallest absolute Gasteiger partial charge is 0.323 e. The van der Waals surface area contributed by atoms with Crippen LogP contribution in [0.5, 0.6) is 0 Å². The molecule has 0 radical (unpaired) electrons. The molecule has 0 aromatic heterocycles. The molecule has 0 rings (SSSR count). The molecule has 7 heteroatoms. The predicted molar refractivity (Wildman–Crippen MR) is 61.8 cm³/mol. The zero-order valence-electron chi connectivity index (χ0n) is 10.1. The van der Waals surface area contributed by atoms with Gasteiger partial charge in [-0.25, -0.2) is 13.1 Å². The fourth-order valence-electron chi connectivity index (χ4n) is 0.880. The van der Waals surface area contributed by atoms with Crippen molar-refractivity contribution in [3.63, 3.8) is 0 Å². The van der Waals surface area contributed by atoms with Crippen molar-refractivity contribution in [2.75, 3.05) is 20.1 Å². The minimum atomic E-state index is -3.76. The summed E-state index contributed by atoms with van der Waals surface area (Å²) in [6, 6.07) is 0.321. The maximum absolute atomic E-state index is 11.4. The van der Waals surface area contributed by atoms with Crippen LogP contribution in [0.3, 0.4) is 0 Å².